The molecule has 1 saturated heterocycles. The van der Waals surface area contributed by atoms with E-state index < -0.39 is 0 Å². The molecule has 3 heterocycles. The highest BCUT2D eigenvalue weighted by atomic mass is 35.5. The van der Waals surface area contributed by atoms with Crippen LogP contribution in [0.2, 0.25) is 5.02 Å². The summed E-state index contributed by atoms with van der Waals surface area (Å²) in [6, 6.07) is 15.4. The van der Waals surface area contributed by atoms with Crippen LogP contribution < -0.4 is 10.2 Å². The van der Waals surface area contributed by atoms with Crippen molar-refractivity contribution in [3.8, 4) is 11.6 Å². The molecule has 0 saturated carbocycles. The molecular formula is C26H28ClN5O3S. The zero-order valence-corrected chi connectivity index (χ0v) is 21.8. The minimum atomic E-state index is -0.139. The molecule has 1 N–H and O–H groups in total. The molecule has 1 fully saturated rings. The molecule has 0 unspecified atom stereocenters. The van der Waals surface area contributed by atoms with Crippen LogP contribution in [0.25, 0.3) is 22.6 Å². The Morgan fingerprint density at radius 2 is 1.94 bits per heavy atom. The van der Waals surface area contributed by atoms with Crippen molar-refractivity contribution < 1.29 is 13.9 Å². The normalized spacial score (nSPS) is 14.1. The number of nitrogens with one attached hydrogen (secondary N) is 1. The Kier molecular flexibility index (Phi) is 7.50. The lowest BCUT2D eigenvalue weighted by Gasteiger charge is -2.29. The number of amides is 1. The van der Waals surface area contributed by atoms with Crippen LogP contribution in [0.15, 0.2) is 58.1 Å². The quantitative estimate of drug-likeness (QED) is 0.301. The van der Waals surface area contributed by atoms with Gasteiger partial charge in [0.05, 0.1) is 29.7 Å². The number of benzene rings is 2. The molecule has 36 heavy (non-hydrogen) atoms. The second-order valence-corrected chi connectivity index (χ2v) is 10.4. The van der Waals surface area contributed by atoms with Crippen LogP contribution in [0, 0.1) is 5.92 Å². The largest absolute Gasteiger partial charge is 0.453 e. The Bertz CT molecular complexity index is 1330. The molecule has 2 aromatic carbocycles. The molecule has 0 bridgehead atoms. The van der Waals surface area contributed by atoms with Crippen LogP contribution in [-0.4, -0.2) is 52.7 Å². The van der Waals surface area contributed by atoms with E-state index in [2.05, 4.69) is 34.3 Å². The molecule has 4 aromatic rings. The standard InChI is InChI=1S/C26H28ClN5O3S/c1-17(2)15-32-25(23-13-18-5-3-4-6-22(18)35-23)29-30-26(32)36-16-24(33)28-19-7-8-21(20(27)14-19)31-9-11-34-12-10-31/h3-8,13-14,17H,9-12,15-16H2,1-2H3,(H,28,33). The van der Waals surface area contributed by atoms with Crippen molar-refractivity contribution in [3.63, 3.8) is 0 Å². The van der Waals surface area contributed by atoms with Crippen molar-refractivity contribution in [1.82, 2.24) is 14.8 Å². The van der Waals surface area contributed by atoms with E-state index >= 15 is 0 Å². The van der Waals surface area contributed by atoms with Crippen molar-refractivity contribution in [3.05, 3.63) is 53.6 Å². The summed E-state index contributed by atoms with van der Waals surface area (Å²) in [5.41, 5.74) is 2.42. The van der Waals surface area contributed by atoms with Crippen LogP contribution >= 0.6 is 23.4 Å². The third-order valence-corrected chi connectivity index (χ3v) is 7.10. The lowest BCUT2D eigenvalue weighted by molar-refractivity contribution is -0.113. The van der Waals surface area contributed by atoms with Gasteiger partial charge in [-0.05, 0) is 36.2 Å². The van der Waals surface area contributed by atoms with E-state index in [0.29, 0.717) is 53.1 Å². The average molecular weight is 526 g/mol. The highest BCUT2D eigenvalue weighted by Crippen LogP contribution is 2.31. The molecule has 1 amide bonds. The van der Waals surface area contributed by atoms with E-state index in [0.717, 1.165) is 29.7 Å². The Morgan fingerprint density at radius 3 is 2.69 bits per heavy atom. The fourth-order valence-electron chi connectivity index (χ4n) is 4.17. The Labute approximate surface area is 219 Å². The van der Waals surface area contributed by atoms with E-state index in [4.69, 9.17) is 20.8 Å². The minimum absolute atomic E-state index is 0.139. The second-order valence-electron chi connectivity index (χ2n) is 9.06. The number of furan rings is 1. The fourth-order valence-corrected chi connectivity index (χ4v) is 5.22. The van der Waals surface area contributed by atoms with Crippen LogP contribution in [0.4, 0.5) is 11.4 Å². The molecule has 0 radical (unpaired) electrons. The Balaban J connectivity index is 1.27. The summed E-state index contributed by atoms with van der Waals surface area (Å²) in [7, 11) is 0. The van der Waals surface area contributed by atoms with Crippen molar-refractivity contribution in [2.24, 2.45) is 5.92 Å². The third kappa shape index (κ3) is 5.53. The van der Waals surface area contributed by atoms with Gasteiger partial charge >= 0.3 is 0 Å². The number of nitrogens with zero attached hydrogens (tertiary/aromatic N) is 4. The average Bonchev–Trinajstić information content (AvgIpc) is 3.47. The van der Waals surface area contributed by atoms with Gasteiger partial charge in [0.15, 0.2) is 10.9 Å². The maximum atomic E-state index is 12.7. The van der Waals surface area contributed by atoms with Crippen LogP contribution in [-0.2, 0) is 16.1 Å². The third-order valence-electron chi connectivity index (χ3n) is 5.83. The molecule has 5 rings (SSSR count). The Hall–Kier alpha value is -3.01. The topological polar surface area (TPSA) is 85.4 Å². The molecular weight excluding hydrogens is 498 g/mol. The molecule has 0 spiro atoms. The van der Waals surface area contributed by atoms with Crippen molar-refractivity contribution in [1.29, 1.82) is 0 Å². The zero-order chi connectivity index (χ0) is 25.1. The predicted molar refractivity (Wildman–Crippen MR) is 144 cm³/mol. The maximum Gasteiger partial charge on any atom is 0.234 e. The highest BCUT2D eigenvalue weighted by Gasteiger charge is 2.20. The highest BCUT2D eigenvalue weighted by molar-refractivity contribution is 7.99. The molecule has 0 atom stereocenters. The van der Waals surface area contributed by atoms with Gasteiger partial charge in [0.1, 0.15) is 5.58 Å². The number of fused-ring (bicyclic) bond motifs is 1. The molecule has 1 aliphatic rings. The number of hydrogen-bond acceptors (Lipinski definition) is 7. The van der Waals surface area contributed by atoms with Gasteiger partial charge in [0, 0.05) is 30.7 Å². The number of carbonyl (C=O) groups excluding carboxylic acids is 1. The van der Waals surface area contributed by atoms with Gasteiger partial charge in [-0.15, -0.1) is 10.2 Å². The van der Waals surface area contributed by atoms with Gasteiger partial charge in [-0.25, -0.2) is 0 Å². The number of para-hydroxylation sites is 1. The minimum Gasteiger partial charge on any atom is -0.453 e. The summed E-state index contributed by atoms with van der Waals surface area (Å²) in [6.07, 6.45) is 0. The molecule has 2 aromatic heterocycles. The molecule has 0 aliphatic carbocycles. The van der Waals surface area contributed by atoms with Gasteiger partial charge in [0.2, 0.25) is 11.7 Å². The molecule has 188 valence electrons. The number of aromatic nitrogens is 3. The second kappa shape index (κ2) is 10.9. The first-order valence-electron chi connectivity index (χ1n) is 11.9. The van der Waals surface area contributed by atoms with Crippen LogP contribution in [0.1, 0.15) is 13.8 Å². The summed E-state index contributed by atoms with van der Waals surface area (Å²) in [5.74, 6) is 1.74. The first kappa shape index (κ1) is 24.7. The van der Waals surface area contributed by atoms with E-state index in [-0.39, 0.29) is 11.7 Å². The van der Waals surface area contributed by atoms with Gasteiger partial charge in [-0.2, -0.15) is 0 Å². The van der Waals surface area contributed by atoms with Crippen molar-refractivity contribution >= 4 is 51.6 Å². The molecule has 10 heteroatoms. The fraction of sp³-hybridized carbons (Fsp3) is 0.346. The summed E-state index contributed by atoms with van der Waals surface area (Å²) < 4.78 is 13.5. The summed E-state index contributed by atoms with van der Waals surface area (Å²) >= 11 is 7.86. The number of ether oxygens (including phenoxy) is 1. The maximum absolute atomic E-state index is 12.7. The van der Waals surface area contributed by atoms with Gasteiger partial charge < -0.3 is 19.4 Å². The molecule has 1 aliphatic heterocycles. The van der Waals surface area contributed by atoms with Crippen molar-refractivity contribution in [2.75, 3.05) is 42.3 Å². The monoisotopic (exact) mass is 525 g/mol. The predicted octanol–water partition coefficient (Wildman–Crippen LogP) is 5.57. The van der Waals surface area contributed by atoms with Crippen molar-refractivity contribution in [2.45, 2.75) is 25.5 Å². The number of halogens is 1. The first-order chi connectivity index (χ1) is 17.5. The van der Waals surface area contributed by atoms with E-state index in [9.17, 15) is 4.79 Å². The van der Waals surface area contributed by atoms with Crippen LogP contribution in [0.3, 0.4) is 0 Å². The lowest BCUT2D eigenvalue weighted by Crippen LogP contribution is -2.36. The van der Waals surface area contributed by atoms with Gasteiger partial charge in [-0.3, -0.25) is 9.36 Å². The lowest BCUT2D eigenvalue weighted by atomic mass is 10.2. The first-order valence-corrected chi connectivity index (χ1v) is 13.3. The van der Waals surface area contributed by atoms with Gasteiger partial charge in [0.25, 0.3) is 0 Å². The van der Waals surface area contributed by atoms with E-state index in [1.807, 2.05) is 47.0 Å². The number of rotatable bonds is 8. The number of anilines is 2. The van der Waals surface area contributed by atoms with E-state index in [1.165, 1.54) is 11.8 Å². The summed E-state index contributed by atoms with van der Waals surface area (Å²) in [5, 5.41) is 14.0. The summed E-state index contributed by atoms with van der Waals surface area (Å²) in [6.45, 7) is 7.95. The number of hydrogen-bond donors (Lipinski definition) is 1. The van der Waals surface area contributed by atoms with Gasteiger partial charge in [-0.1, -0.05) is 55.4 Å². The number of carbonyl (C=O) groups is 1. The number of morpholine rings is 1. The molecule has 8 nitrogen and oxygen atoms in total. The Morgan fingerprint density at radius 1 is 1.14 bits per heavy atom. The number of thioether (sulfide) groups is 1. The SMILES string of the molecule is CC(C)Cn1c(SCC(=O)Nc2ccc(N3CCOCC3)c(Cl)c2)nnc1-c1cc2ccccc2o1. The van der Waals surface area contributed by atoms with Crippen LogP contribution in [0.5, 0.6) is 0 Å². The zero-order valence-electron chi connectivity index (χ0n) is 20.2. The smallest absolute Gasteiger partial charge is 0.234 e. The van der Waals surface area contributed by atoms with E-state index in [1.54, 1.807) is 6.07 Å². The summed E-state index contributed by atoms with van der Waals surface area (Å²) in [4.78, 5) is 14.9.